The van der Waals surface area contributed by atoms with Gasteiger partial charge in [-0.25, -0.2) is 9.78 Å². The van der Waals surface area contributed by atoms with Gasteiger partial charge in [0.2, 0.25) is 0 Å². The van der Waals surface area contributed by atoms with E-state index in [1.54, 1.807) is 102 Å². The molecule has 528 valence electrons. The number of hydrogen-bond donors (Lipinski definition) is 5. The Morgan fingerprint density at radius 3 is 1.22 bits per heavy atom. The molecule has 13 rings (SSSR count). The third-order valence-electron chi connectivity index (χ3n) is 17.1. The van der Waals surface area contributed by atoms with Crippen LogP contribution in [0.5, 0.6) is 0 Å². The van der Waals surface area contributed by atoms with Crippen LogP contribution in [0.1, 0.15) is 63.0 Å². The lowest BCUT2D eigenvalue weighted by Crippen LogP contribution is -2.51. The highest BCUT2D eigenvalue weighted by atomic mass is 35.5. The normalized spacial score (nSPS) is 13.9. The molecule has 0 atom stereocenters. The second-order valence-corrected chi connectivity index (χ2v) is 26.3. The molecule has 7 aromatic heterocycles. The fourth-order valence-corrected chi connectivity index (χ4v) is 11.8. The summed E-state index contributed by atoms with van der Waals surface area (Å²) in [6.45, 7) is 18.1. The fourth-order valence-electron chi connectivity index (χ4n) is 11.3. The van der Waals surface area contributed by atoms with E-state index in [-0.39, 0.29) is 23.8 Å². The highest BCUT2D eigenvalue weighted by Crippen LogP contribution is 2.34. The number of rotatable bonds is 8. The Bertz CT molecular complexity index is 4220. The average molecular weight is 1410 g/mol. The molecule has 10 N–H and O–H groups in total. The monoisotopic (exact) mass is 1410 g/mol. The van der Waals surface area contributed by atoms with Crippen LogP contribution in [0.2, 0.25) is 10.2 Å². The molecule has 3 aliphatic heterocycles. The number of anilines is 5. The van der Waals surface area contributed by atoms with Crippen LogP contribution in [-0.2, 0) is 4.74 Å². The minimum atomic E-state index is -0.524. The van der Waals surface area contributed by atoms with E-state index in [9.17, 15) is 19.2 Å². The molecule has 0 radical (unpaired) electrons. The van der Waals surface area contributed by atoms with E-state index < -0.39 is 5.60 Å². The Morgan fingerprint density at radius 2 is 0.775 bits per heavy atom. The minimum absolute atomic E-state index is 0.0225. The van der Waals surface area contributed by atoms with Gasteiger partial charge in [-0.15, -0.1) is 0 Å². The smallest absolute Gasteiger partial charge is 0.410 e. The second kappa shape index (κ2) is 35.3. The summed E-state index contributed by atoms with van der Waals surface area (Å²) in [5.41, 5.74) is 45.2. The first-order valence-corrected chi connectivity index (χ1v) is 33.9. The zero-order valence-electron chi connectivity index (χ0n) is 58.4. The lowest BCUT2D eigenvalue weighted by atomic mass is 9.97. The van der Waals surface area contributed by atoms with Gasteiger partial charge in [0, 0.05) is 183 Å². The number of amides is 4. The van der Waals surface area contributed by atoms with Crippen molar-refractivity contribution in [3.63, 3.8) is 0 Å². The van der Waals surface area contributed by atoms with Crippen LogP contribution in [0.4, 0.5) is 33.2 Å². The largest absolute Gasteiger partial charge is 0.444 e. The zero-order valence-corrected chi connectivity index (χ0v) is 59.9. The van der Waals surface area contributed by atoms with Crippen molar-refractivity contribution in [1.82, 2.24) is 64.3 Å². The number of carbonyl (C=O) groups excluding carboxylic acids is 4. The van der Waals surface area contributed by atoms with Gasteiger partial charge < -0.3 is 62.8 Å². The molecule has 3 saturated heterocycles. The van der Waals surface area contributed by atoms with Gasteiger partial charge in [0.15, 0.2) is 0 Å². The van der Waals surface area contributed by atoms with E-state index in [4.69, 9.17) is 56.6 Å². The van der Waals surface area contributed by atoms with Gasteiger partial charge in [-0.3, -0.25) is 44.3 Å². The summed E-state index contributed by atoms with van der Waals surface area (Å²) in [5.74, 6) is 0.0859. The Hall–Kier alpha value is -11.1. The van der Waals surface area contributed by atoms with Crippen LogP contribution in [0.25, 0.3) is 55.8 Å². The number of nitrogen functional groups attached to an aromatic ring is 5. The number of ether oxygens (including phenoxy) is 1. The van der Waals surface area contributed by atoms with Gasteiger partial charge in [0.05, 0.1) is 65.1 Å². The van der Waals surface area contributed by atoms with Crippen LogP contribution in [0.15, 0.2) is 190 Å². The molecule has 0 unspecified atom stereocenters. The molecule has 0 saturated carbocycles. The molecule has 0 spiro atoms. The summed E-state index contributed by atoms with van der Waals surface area (Å²) in [6.07, 6.45) is 19.7. The Kier molecular flexibility index (Phi) is 26.0. The SMILES string of the molecule is CC(C)(C)OC(=O)N1CCN(C(=O)c2ccc(-c3ccncc3N)cc2)CC1.CN1CCN(C(=O)c2ccc(-c3ccncc3N)c(Cl)c2)CC1.Cc1cc(C(=O)N2CCN(C)CC2)ccc1-c1ccncc1N.Cc1cccnc1-c1ccncc1N.Nc1cnccc1-c1cccnc1Cl. The molecule has 10 aromatic rings. The molecular formula is C77H86Cl2N18O5. The molecule has 23 nitrogen and oxygen atoms in total. The van der Waals surface area contributed by atoms with Gasteiger partial charge >= 0.3 is 6.09 Å². The van der Waals surface area contributed by atoms with Gasteiger partial charge in [-0.05, 0) is 156 Å². The maximum Gasteiger partial charge on any atom is 0.410 e. The van der Waals surface area contributed by atoms with Crippen LogP contribution in [0.3, 0.4) is 0 Å². The van der Waals surface area contributed by atoms with Crippen molar-refractivity contribution in [1.29, 1.82) is 0 Å². The predicted molar refractivity (Wildman–Crippen MR) is 406 cm³/mol. The van der Waals surface area contributed by atoms with Gasteiger partial charge in [0.1, 0.15) is 10.8 Å². The number of halogens is 2. The highest BCUT2D eigenvalue weighted by Gasteiger charge is 2.29. The molecule has 4 amide bonds. The van der Waals surface area contributed by atoms with Crippen LogP contribution in [0, 0.1) is 13.8 Å². The lowest BCUT2D eigenvalue weighted by Gasteiger charge is -2.35. The first-order chi connectivity index (χ1) is 48.9. The number of pyridine rings is 7. The first kappa shape index (κ1) is 75.1. The third kappa shape index (κ3) is 20.1. The molecule has 102 heavy (non-hydrogen) atoms. The number of nitrogens with two attached hydrogens (primary N) is 5. The average Bonchev–Trinajstić information content (AvgIpc) is 0.824. The number of benzene rings is 3. The van der Waals surface area contributed by atoms with Crippen molar-refractivity contribution >= 4 is 75.5 Å². The highest BCUT2D eigenvalue weighted by molar-refractivity contribution is 6.34. The van der Waals surface area contributed by atoms with Gasteiger partial charge in [-0.2, -0.15) is 0 Å². The number of likely N-dealkylation sites (N-methyl/N-ethyl adjacent to an activating group) is 2. The number of aromatic nitrogens is 7. The van der Waals surface area contributed by atoms with E-state index in [0.717, 1.165) is 125 Å². The zero-order chi connectivity index (χ0) is 73.0. The summed E-state index contributed by atoms with van der Waals surface area (Å²) in [7, 11) is 4.15. The van der Waals surface area contributed by atoms with Crippen LogP contribution in [-0.4, -0.2) is 186 Å². The quantitative estimate of drug-likeness (QED) is 0.0883. The lowest BCUT2D eigenvalue weighted by molar-refractivity contribution is 0.0140. The standard InChI is InChI=1S/C21H26N4O3.C18H22N4O.C17H19ClN4O.C11H11N3.C10H8ClN3/c1-21(2,3)28-20(27)25-12-10-24(11-13-25)19(26)16-6-4-15(5-7-16)17-8-9-23-14-18(17)22;1-13-11-14(18(23)22-9-7-21(2)8-10-22)3-4-15(13)16-5-6-20-12-17(16)19;1-21-6-8-22(9-7-21)17(23)12-2-3-13(15(18)10-12)14-4-5-20-11-16(14)19;1-8-3-2-5-14-11(8)9-4-6-13-7-10(9)12;11-10-8(2-1-4-14-10)7-3-5-13-6-9(7)12/h4-9,14H,10-13,22H2,1-3H3;3-6,11-12H,7-10,19H2,1-2H3;2-5,10-11H,6-9,19H2,1H3;2-7H,12H2,1H3;1-6H,12H2. The third-order valence-corrected chi connectivity index (χ3v) is 17.7. The maximum absolute atomic E-state index is 12.8. The Morgan fingerprint density at radius 1 is 0.392 bits per heavy atom. The molecular weight excluding hydrogens is 1330 g/mol. The van der Waals surface area contributed by atoms with Crippen LogP contribution >= 0.6 is 23.2 Å². The van der Waals surface area contributed by atoms with Crippen molar-refractivity contribution in [2.75, 3.05) is 121 Å². The van der Waals surface area contributed by atoms with Crippen LogP contribution < -0.4 is 28.7 Å². The molecule has 3 aromatic carbocycles. The molecule has 25 heteroatoms. The van der Waals surface area contributed by atoms with E-state index >= 15 is 0 Å². The second-order valence-electron chi connectivity index (χ2n) is 25.6. The fraction of sp³-hybridized carbons (Fsp3) is 0.260. The summed E-state index contributed by atoms with van der Waals surface area (Å²) in [6, 6.07) is 35.5. The summed E-state index contributed by atoms with van der Waals surface area (Å²) in [5, 5.41) is 0.966. The van der Waals surface area contributed by atoms with E-state index in [1.807, 2.05) is 141 Å². The number of piperazine rings is 3. The number of carbonyl (C=O) groups is 4. The summed E-state index contributed by atoms with van der Waals surface area (Å²) < 4.78 is 5.39. The number of nitrogens with zero attached hydrogens (tertiary/aromatic N) is 13. The molecule has 0 aliphatic carbocycles. The predicted octanol–water partition coefficient (Wildman–Crippen LogP) is 11.8. The Labute approximate surface area is 605 Å². The van der Waals surface area contributed by atoms with Crippen molar-refractivity contribution in [2.24, 2.45) is 0 Å². The minimum Gasteiger partial charge on any atom is -0.444 e. The Balaban J connectivity index is 0.000000152. The number of hydrogen-bond acceptors (Lipinski definition) is 19. The van der Waals surface area contributed by atoms with Crippen molar-refractivity contribution in [3.8, 4) is 55.8 Å². The first-order valence-electron chi connectivity index (χ1n) is 33.2. The van der Waals surface area contributed by atoms with Crippen molar-refractivity contribution < 1.29 is 23.9 Å². The summed E-state index contributed by atoms with van der Waals surface area (Å²) >= 11 is 12.3. The van der Waals surface area contributed by atoms with E-state index in [0.29, 0.717) is 75.9 Å². The molecule has 10 heterocycles. The van der Waals surface area contributed by atoms with Gasteiger partial charge in [-0.1, -0.05) is 53.5 Å². The van der Waals surface area contributed by atoms with Gasteiger partial charge in [0.25, 0.3) is 17.7 Å². The number of aryl methyl sites for hydroxylation is 2. The summed E-state index contributed by atoms with van der Waals surface area (Å²) in [4.78, 5) is 89.9. The van der Waals surface area contributed by atoms with Crippen molar-refractivity contribution in [2.45, 2.75) is 40.2 Å². The van der Waals surface area contributed by atoms with E-state index in [1.165, 1.54) is 0 Å². The van der Waals surface area contributed by atoms with Crippen molar-refractivity contribution in [3.05, 3.63) is 228 Å². The van der Waals surface area contributed by atoms with E-state index in [2.05, 4.69) is 58.8 Å². The molecule has 0 bridgehead atoms. The molecule has 3 fully saturated rings. The molecule has 3 aliphatic rings. The topological polar surface area (TPSA) is 317 Å². The maximum atomic E-state index is 12.8.